The van der Waals surface area contributed by atoms with Crippen molar-refractivity contribution in [1.82, 2.24) is 19.9 Å². The summed E-state index contributed by atoms with van der Waals surface area (Å²) in [5.74, 6) is -2.70. The Labute approximate surface area is 295 Å². The molecular weight excluding hydrogens is 655 g/mol. The maximum atomic E-state index is 16.5. The summed E-state index contributed by atoms with van der Waals surface area (Å²) in [4.78, 5) is 41.8. The summed E-state index contributed by atoms with van der Waals surface area (Å²) in [6.45, 7) is 0. The normalized spacial score (nSPS) is 13.5. The summed E-state index contributed by atoms with van der Waals surface area (Å²) in [5.41, 5.74) is 8.59. The SMILES string of the molecule is O=C1C=CC(=O)C(c2cc(F)c(-c3c4nc(c(-c5ccccc5)c5ccc(cc6nc(c(-c7ccccc7)c7ccc3[nH]7)C=C6)[nH]5)C=C4)cc2F)=C1. The second-order valence-corrected chi connectivity index (χ2v) is 12.6. The topological polar surface area (TPSA) is 91.5 Å². The molecule has 0 saturated carbocycles. The molecule has 5 heterocycles. The molecule has 0 fully saturated rings. The fourth-order valence-electron chi connectivity index (χ4n) is 6.90. The molecule has 1 aliphatic carbocycles. The molecule has 8 bridgehead atoms. The first kappa shape index (κ1) is 31.0. The summed E-state index contributed by atoms with van der Waals surface area (Å²) in [7, 11) is 0. The maximum absolute atomic E-state index is 16.5. The van der Waals surface area contributed by atoms with Crippen LogP contribution in [0.5, 0.6) is 0 Å². The van der Waals surface area contributed by atoms with Gasteiger partial charge in [0, 0.05) is 55.5 Å². The van der Waals surface area contributed by atoms with Crippen LogP contribution in [0.15, 0.2) is 121 Å². The maximum Gasteiger partial charge on any atom is 0.186 e. The molecule has 0 atom stereocenters. The van der Waals surface area contributed by atoms with Crippen LogP contribution < -0.4 is 0 Å². The number of hydrogen-bond acceptors (Lipinski definition) is 4. The largest absolute Gasteiger partial charge is 0.355 e. The average Bonchev–Trinajstić information content (AvgIpc) is 3.99. The number of carbonyl (C=O) groups is 2. The number of ketones is 2. The third-order valence-electron chi connectivity index (χ3n) is 9.27. The fourth-order valence-corrected chi connectivity index (χ4v) is 6.90. The summed E-state index contributed by atoms with van der Waals surface area (Å²) in [5, 5.41) is 0. The van der Waals surface area contributed by atoms with Gasteiger partial charge in [0.05, 0.1) is 22.8 Å². The highest BCUT2D eigenvalue weighted by Gasteiger charge is 2.24. The predicted molar refractivity (Wildman–Crippen MR) is 202 cm³/mol. The molecule has 0 spiro atoms. The number of nitrogens with zero attached hydrogens (tertiary/aromatic N) is 2. The van der Waals surface area contributed by atoms with Gasteiger partial charge in [-0.25, -0.2) is 18.7 Å². The molecule has 3 aromatic heterocycles. The van der Waals surface area contributed by atoms with Gasteiger partial charge < -0.3 is 9.97 Å². The predicted octanol–water partition coefficient (Wildman–Crippen LogP) is 10.0. The first-order chi connectivity index (χ1) is 25.4. The molecule has 0 unspecified atom stereocenters. The lowest BCUT2D eigenvalue weighted by Crippen LogP contribution is -2.08. The summed E-state index contributed by atoms with van der Waals surface area (Å²) in [6.07, 6.45) is 10.8. The van der Waals surface area contributed by atoms with Crippen molar-refractivity contribution in [3.8, 4) is 33.4 Å². The monoisotopic (exact) mass is 680 g/mol. The number of allylic oxidation sites excluding steroid dienone is 4. The number of aromatic amines is 2. The van der Waals surface area contributed by atoms with Crippen LogP contribution in [0.3, 0.4) is 0 Å². The second kappa shape index (κ2) is 12.4. The molecule has 3 aromatic carbocycles. The van der Waals surface area contributed by atoms with Gasteiger partial charge in [0.1, 0.15) is 11.6 Å². The first-order valence-electron chi connectivity index (χ1n) is 16.6. The Bertz CT molecular complexity index is 2750. The van der Waals surface area contributed by atoms with Crippen LogP contribution in [0, 0.1) is 11.6 Å². The van der Waals surface area contributed by atoms with Crippen molar-refractivity contribution in [2.45, 2.75) is 0 Å². The van der Waals surface area contributed by atoms with E-state index in [1.54, 1.807) is 6.08 Å². The number of H-pyrrole nitrogens is 2. The van der Waals surface area contributed by atoms with E-state index in [1.165, 1.54) is 0 Å². The number of carbonyl (C=O) groups excluding carboxylic acids is 2. The van der Waals surface area contributed by atoms with Crippen LogP contribution in [-0.4, -0.2) is 31.5 Å². The van der Waals surface area contributed by atoms with Crippen molar-refractivity contribution in [3.05, 3.63) is 161 Å². The molecule has 3 aliphatic rings. The van der Waals surface area contributed by atoms with E-state index in [4.69, 9.17) is 9.97 Å². The Morgan fingerprint density at radius 2 is 1.06 bits per heavy atom. The van der Waals surface area contributed by atoms with Gasteiger partial charge in [0.2, 0.25) is 0 Å². The standard InChI is InChI=1S/C44H26F2N4O2/c45-33-24-32(34(46)23-30(33)31-22-29(51)13-20-41(31)52)44-39-18-16-37(49-39)42(25-7-3-1-4-8-25)35-14-11-27(47-35)21-28-12-15-36(48-28)43(26-9-5-2-6-10-26)38-17-19-40(44)50-38/h1-24,47,50H. The summed E-state index contributed by atoms with van der Waals surface area (Å²) >= 11 is 0. The van der Waals surface area contributed by atoms with Gasteiger partial charge in [-0.2, -0.15) is 0 Å². The summed E-state index contributed by atoms with van der Waals surface area (Å²) < 4.78 is 32.6. The fraction of sp³-hybridized carbons (Fsp3) is 0. The minimum Gasteiger partial charge on any atom is -0.355 e. The zero-order valence-electron chi connectivity index (χ0n) is 27.3. The minimum absolute atomic E-state index is 0.0702. The number of fused-ring (bicyclic) bond motifs is 8. The molecule has 6 nitrogen and oxygen atoms in total. The van der Waals surface area contributed by atoms with E-state index in [0.717, 1.165) is 75.0 Å². The lowest BCUT2D eigenvalue weighted by atomic mass is 9.93. The number of aromatic nitrogens is 4. The van der Waals surface area contributed by atoms with Gasteiger partial charge in [0.15, 0.2) is 11.6 Å². The Kier molecular flexibility index (Phi) is 7.36. The van der Waals surface area contributed by atoms with Crippen LogP contribution in [0.2, 0.25) is 0 Å². The van der Waals surface area contributed by atoms with Crippen LogP contribution in [0.4, 0.5) is 8.78 Å². The number of benzene rings is 3. The minimum atomic E-state index is -0.853. The number of hydrogen-bond donors (Lipinski definition) is 2. The Morgan fingerprint density at radius 3 is 1.77 bits per heavy atom. The van der Waals surface area contributed by atoms with Crippen LogP contribution in [-0.2, 0) is 9.59 Å². The van der Waals surface area contributed by atoms with Gasteiger partial charge in [-0.3, -0.25) is 9.59 Å². The molecular formula is C44H26F2N4O2. The van der Waals surface area contributed by atoms with Crippen molar-refractivity contribution in [3.63, 3.8) is 0 Å². The highest BCUT2D eigenvalue weighted by Crippen LogP contribution is 2.38. The van der Waals surface area contributed by atoms with E-state index in [-0.39, 0.29) is 16.7 Å². The van der Waals surface area contributed by atoms with Gasteiger partial charge in [0.25, 0.3) is 0 Å². The molecule has 248 valence electrons. The van der Waals surface area contributed by atoms with E-state index in [0.29, 0.717) is 28.0 Å². The molecule has 0 saturated heterocycles. The van der Waals surface area contributed by atoms with Crippen molar-refractivity contribution in [2.24, 2.45) is 0 Å². The quantitative estimate of drug-likeness (QED) is 0.181. The van der Waals surface area contributed by atoms with E-state index < -0.39 is 23.2 Å². The number of nitrogens with one attached hydrogen (secondary N) is 2. The molecule has 0 amide bonds. The zero-order valence-corrected chi connectivity index (χ0v) is 27.3. The second-order valence-electron chi connectivity index (χ2n) is 12.6. The molecule has 8 heteroatoms. The molecule has 6 aromatic rings. The summed E-state index contributed by atoms with van der Waals surface area (Å²) in [6, 6.07) is 31.4. The van der Waals surface area contributed by atoms with Gasteiger partial charge in [-0.15, -0.1) is 0 Å². The lowest BCUT2D eigenvalue weighted by Gasteiger charge is -2.12. The third kappa shape index (κ3) is 5.43. The molecule has 9 rings (SSSR count). The third-order valence-corrected chi connectivity index (χ3v) is 9.27. The molecule has 2 aliphatic heterocycles. The van der Waals surface area contributed by atoms with E-state index in [9.17, 15) is 9.59 Å². The van der Waals surface area contributed by atoms with Gasteiger partial charge >= 0.3 is 0 Å². The van der Waals surface area contributed by atoms with Crippen molar-refractivity contribution >= 4 is 63.5 Å². The molecule has 52 heavy (non-hydrogen) atoms. The first-order valence-corrected chi connectivity index (χ1v) is 16.6. The Hall–Kier alpha value is -7.06. The van der Waals surface area contributed by atoms with Crippen molar-refractivity contribution in [2.75, 3.05) is 0 Å². The van der Waals surface area contributed by atoms with E-state index >= 15 is 8.78 Å². The highest BCUT2D eigenvalue weighted by molar-refractivity contribution is 6.34. The average molecular weight is 681 g/mol. The van der Waals surface area contributed by atoms with Crippen LogP contribution >= 0.6 is 0 Å². The van der Waals surface area contributed by atoms with E-state index in [1.807, 2.05) is 109 Å². The molecule has 0 radical (unpaired) electrons. The smallest absolute Gasteiger partial charge is 0.186 e. The van der Waals surface area contributed by atoms with E-state index in [2.05, 4.69) is 9.97 Å². The highest BCUT2D eigenvalue weighted by atomic mass is 19.1. The Balaban J connectivity index is 1.40. The van der Waals surface area contributed by atoms with Crippen molar-refractivity contribution in [1.29, 1.82) is 0 Å². The van der Waals surface area contributed by atoms with Crippen molar-refractivity contribution < 1.29 is 18.4 Å². The molecule has 2 N–H and O–H groups in total. The number of halogens is 2. The number of rotatable bonds is 4. The van der Waals surface area contributed by atoms with Crippen LogP contribution in [0.25, 0.3) is 85.3 Å². The Morgan fingerprint density at radius 1 is 0.500 bits per heavy atom. The van der Waals surface area contributed by atoms with Gasteiger partial charge in [-0.05, 0) is 96.1 Å². The zero-order chi connectivity index (χ0) is 35.3. The lowest BCUT2D eigenvalue weighted by molar-refractivity contribution is -0.113. The van der Waals surface area contributed by atoms with Gasteiger partial charge in [-0.1, -0.05) is 60.7 Å². The van der Waals surface area contributed by atoms with Crippen LogP contribution in [0.1, 0.15) is 28.3 Å².